The normalized spacial score (nSPS) is 0. The van der Waals surface area contributed by atoms with Gasteiger partial charge in [0.1, 0.15) is 0 Å². The maximum absolute atomic E-state index is 0. The molecular formula is H10AlBCaO. The van der Waals surface area contributed by atoms with Crippen molar-refractivity contribution < 1.29 is 5.48 Å². The molecule has 0 aromatic heterocycles. The van der Waals surface area contributed by atoms with Crippen LogP contribution in [0.3, 0.4) is 0 Å². The van der Waals surface area contributed by atoms with Crippen LogP contribution < -0.4 is 0 Å². The van der Waals surface area contributed by atoms with E-state index in [4.69, 9.17) is 0 Å². The molecule has 24 valence electrons. The van der Waals surface area contributed by atoms with Crippen molar-refractivity contribution in [3.8, 4) is 0 Å². The van der Waals surface area contributed by atoms with Gasteiger partial charge in [0.05, 0.1) is 8.41 Å². The molecule has 0 radical (unpaired) electrons. The van der Waals surface area contributed by atoms with E-state index in [-0.39, 0.29) is 69.0 Å². The van der Waals surface area contributed by atoms with E-state index in [0.717, 1.165) is 0 Å². The molecule has 0 aromatic rings. The van der Waals surface area contributed by atoms with Gasteiger partial charge in [-0.25, -0.2) is 0 Å². The Balaban J connectivity index is 0. The van der Waals surface area contributed by atoms with E-state index in [9.17, 15) is 0 Å². The number of rotatable bonds is 0. The molecule has 0 aromatic carbocycles. The first-order chi connectivity index (χ1) is 0. The Labute approximate surface area is 68.2 Å². The van der Waals surface area contributed by atoms with Gasteiger partial charge in [-0.05, 0) is 0 Å². The number of hydrogen-bond donors (Lipinski definition) is 0. The summed E-state index contributed by atoms with van der Waals surface area (Å²) in [6.45, 7) is 0. The van der Waals surface area contributed by atoms with Crippen LogP contribution in [0, 0.1) is 0 Å². The average Bonchev–Trinajstić information content (AvgIpc) is 0. The van der Waals surface area contributed by atoms with Crippen LogP contribution in [0.1, 0.15) is 0 Å². The van der Waals surface area contributed by atoms with Crippen LogP contribution in [0.25, 0.3) is 0 Å². The third kappa shape index (κ3) is 9.17. The predicted molar refractivity (Wildman–Crippen MR) is 32.0 cm³/mol. The molecule has 0 aliphatic carbocycles. The molecular weight excluding hydrogens is 93.9 g/mol. The fourth-order valence-corrected chi connectivity index (χ4v) is 0. The van der Waals surface area contributed by atoms with Gasteiger partial charge in [0.25, 0.3) is 0 Å². The molecule has 0 unspecified atom stereocenters. The van der Waals surface area contributed by atoms with E-state index >= 15 is 0 Å². The molecule has 0 rings (SSSR count). The third-order valence-corrected chi connectivity index (χ3v) is 0. The summed E-state index contributed by atoms with van der Waals surface area (Å²) in [5.41, 5.74) is 0. The zero-order chi connectivity index (χ0) is 0. The first kappa shape index (κ1) is 40.9. The van der Waals surface area contributed by atoms with Crippen molar-refractivity contribution in [2.75, 3.05) is 0 Å². The van der Waals surface area contributed by atoms with Crippen molar-refractivity contribution in [1.82, 2.24) is 0 Å². The summed E-state index contributed by atoms with van der Waals surface area (Å²) in [6.07, 6.45) is 0. The first-order valence-electron chi connectivity index (χ1n) is 0. The van der Waals surface area contributed by atoms with Crippen molar-refractivity contribution in [1.29, 1.82) is 0 Å². The van der Waals surface area contributed by atoms with Crippen molar-refractivity contribution in [2.45, 2.75) is 0 Å². The van der Waals surface area contributed by atoms with Crippen molar-refractivity contribution in [3.63, 3.8) is 0 Å². The zero-order valence-corrected chi connectivity index (χ0v) is 0.500. The molecule has 0 atom stereocenters. The van der Waals surface area contributed by atoms with E-state index in [2.05, 4.69) is 0 Å². The van der Waals surface area contributed by atoms with Gasteiger partial charge in [0, 0.05) is 0 Å². The average molecular weight is 104 g/mol. The molecule has 0 saturated heterocycles. The molecule has 0 bridgehead atoms. The summed E-state index contributed by atoms with van der Waals surface area (Å²) >= 11 is 0. The third-order valence-electron chi connectivity index (χ3n) is 0. The van der Waals surface area contributed by atoms with Crippen molar-refractivity contribution >= 4 is 63.5 Å². The van der Waals surface area contributed by atoms with Crippen LogP contribution in [0.4, 0.5) is 0 Å². The Hall–Kier alpha value is 1.82. The second-order valence-electron chi connectivity index (χ2n) is 0. The minimum absolute atomic E-state index is 0. The van der Waals surface area contributed by atoms with E-state index < -0.39 is 0 Å². The van der Waals surface area contributed by atoms with Crippen LogP contribution in [0.5, 0.6) is 0 Å². The van der Waals surface area contributed by atoms with Gasteiger partial charge in [-0.15, -0.1) is 0 Å². The minimum atomic E-state index is 0. The van der Waals surface area contributed by atoms with Gasteiger partial charge in [-0.2, -0.15) is 0 Å². The maximum atomic E-state index is 0. The fraction of sp³-hybridized carbons (Fsp3) is 0. The molecule has 0 amide bonds. The summed E-state index contributed by atoms with van der Waals surface area (Å²) < 4.78 is 0. The van der Waals surface area contributed by atoms with Gasteiger partial charge in [-0.3, -0.25) is 0 Å². The molecule has 1 nitrogen and oxygen atoms in total. The van der Waals surface area contributed by atoms with Gasteiger partial charge in [-0.1, -0.05) is 0 Å². The molecule has 0 aliphatic heterocycles. The van der Waals surface area contributed by atoms with E-state index in [1.54, 1.807) is 0 Å². The van der Waals surface area contributed by atoms with E-state index in [1.165, 1.54) is 0 Å². The Kier molecular flexibility index (Phi) is 217. The van der Waals surface area contributed by atoms with Crippen LogP contribution in [0.2, 0.25) is 0 Å². The van der Waals surface area contributed by atoms with Crippen molar-refractivity contribution in [3.05, 3.63) is 0 Å². The topological polar surface area (TPSA) is 31.5 Å². The fourth-order valence-electron chi connectivity index (χ4n) is 0. The van der Waals surface area contributed by atoms with Crippen LogP contribution in [-0.4, -0.2) is 69.0 Å². The summed E-state index contributed by atoms with van der Waals surface area (Å²) in [4.78, 5) is 0. The Morgan fingerprint density at radius 2 is 1.00 bits per heavy atom. The van der Waals surface area contributed by atoms with E-state index in [0.29, 0.717) is 0 Å². The molecule has 4 heavy (non-hydrogen) atoms. The molecule has 2 N–H and O–H groups in total. The Bertz CT molecular complexity index is 8.00. The standard InChI is InChI=1S/Al.BH3.Ca.H2O.5H/h;1H3;;1H2;;;;;. The number of hydrogen-bond acceptors (Lipinski definition) is 0. The molecule has 0 aliphatic rings. The monoisotopic (exact) mass is 104 g/mol. The van der Waals surface area contributed by atoms with E-state index in [1.807, 2.05) is 0 Å². The van der Waals surface area contributed by atoms with Crippen LogP contribution in [-0.2, 0) is 0 Å². The Morgan fingerprint density at radius 1 is 1.00 bits per heavy atom. The van der Waals surface area contributed by atoms with Gasteiger partial charge in [0.15, 0.2) is 17.4 Å². The molecule has 4 heteroatoms. The predicted octanol–water partition coefficient (Wildman–Crippen LogP) is -4.11. The second-order valence-corrected chi connectivity index (χ2v) is 0. The molecule has 0 heterocycles. The first-order valence-corrected chi connectivity index (χ1v) is 0. The summed E-state index contributed by atoms with van der Waals surface area (Å²) in [5.74, 6) is 0. The van der Waals surface area contributed by atoms with Crippen molar-refractivity contribution in [2.24, 2.45) is 0 Å². The zero-order valence-electron chi connectivity index (χ0n) is 0.500. The van der Waals surface area contributed by atoms with Gasteiger partial charge >= 0.3 is 37.7 Å². The summed E-state index contributed by atoms with van der Waals surface area (Å²) in [6, 6.07) is 0. The Morgan fingerprint density at radius 3 is 1.00 bits per heavy atom. The SMILES string of the molecule is B.O.[AlH3].[CaH2]. The molecule has 0 saturated carbocycles. The molecule has 0 fully saturated rings. The summed E-state index contributed by atoms with van der Waals surface area (Å²) in [5, 5.41) is 0. The van der Waals surface area contributed by atoms with Crippen LogP contribution in [0.15, 0.2) is 0 Å². The van der Waals surface area contributed by atoms with Gasteiger partial charge < -0.3 is 5.48 Å². The van der Waals surface area contributed by atoms with Crippen LogP contribution >= 0.6 is 0 Å². The summed E-state index contributed by atoms with van der Waals surface area (Å²) in [7, 11) is 0. The second kappa shape index (κ2) is 21.3. The molecule has 0 spiro atoms. The quantitative estimate of drug-likeness (QED) is 0.280. The van der Waals surface area contributed by atoms with Gasteiger partial charge in [0.2, 0.25) is 0 Å².